The molecule has 0 fully saturated rings. The lowest BCUT2D eigenvalue weighted by Gasteiger charge is -1.97. The number of para-hydroxylation sites is 2. The Morgan fingerprint density at radius 1 is 0.679 bits per heavy atom. The summed E-state index contributed by atoms with van der Waals surface area (Å²) in [5.41, 5.74) is -1.57. The third kappa shape index (κ3) is 3.75. The molecule has 3 rings (SSSR count). The van der Waals surface area contributed by atoms with Crippen LogP contribution in [0.5, 0.6) is 0 Å². The molecule has 0 saturated heterocycles. The molecule has 28 heavy (non-hydrogen) atoms. The zero-order valence-electron chi connectivity index (χ0n) is 14.1. The van der Waals surface area contributed by atoms with Gasteiger partial charge in [-0.25, -0.2) is 0 Å². The fraction of sp³-hybridized carbons (Fsp3) is 0. The Labute approximate surface area is 155 Å². The second kappa shape index (κ2) is 7.50. The number of aromatic nitrogens is 2. The monoisotopic (exact) mass is 380 g/mol. The van der Waals surface area contributed by atoms with Crippen LogP contribution in [0.15, 0.2) is 58.1 Å². The number of benzene rings is 2. The van der Waals surface area contributed by atoms with E-state index in [0.29, 0.717) is 0 Å². The van der Waals surface area contributed by atoms with Crippen molar-refractivity contribution in [3.63, 3.8) is 0 Å². The van der Waals surface area contributed by atoms with E-state index in [2.05, 4.69) is 9.97 Å². The van der Waals surface area contributed by atoms with E-state index >= 15 is 0 Å². The van der Waals surface area contributed by atoms with Crippen LogP contribution in [0, 0.1) is 20.2 Å². The maximum absolute atomic E-state index is 12.3. The number of aromatic amines is 2. The van der Waals surface area contributed by atoms with Gasteiger partial charge in [-0.2, -0.15) is 0 Å². The average Bonchev–Trinajstić information content (AvgIpc) is 2.66. The molecule has 0 unspecified atom stereocenters. The molecule has 0 amide bonds. The van der Waals surface area contributed by atoms with Gasteiger partial charge in [0.2, 0.25) is 0 Å². The maximum Gasteiger partial charge on any atom is 0.276 e. The summed E-state index contributed by atoms with van der Waals surface area (Å²) in [5, 5.41) is 21.8. The van der Waals surface area contributed by atoms with Crippen molar-refractivity contribution >= 4 is 23.5 Å². The number of rotatable bonds is 4. The minimum Gasteiger partial charge on any atom is -0.316 e. The molecule has 2 N–H and O–H groups in total. The number of nitro benzene ring substituents is 2. The fourth-order valence-electron chi connectivity index (χ4n) is 2.56. The van der Waals surface area contributed by atoms with Gasteiger partial charge in [0.1, 0.15) is 10.7 Å². The van der Waals surface area contributed by atoms with Gasteiger partial charge in [-0.05, 0) is 24.3 Å². The van der Waals surface area contributed by atoms with Gasteiger partial charge in [0.15, 0.2) is 0 Å². The summed E-state index contributed by atoms with van der Waals surface area (Å²) < 4.78 is 0. The predicted octanol–water partition coefficient (Wildman–Crippen LogP) is 0.537. The third-order valence-electron chi connectivity index (χ3n) is 3.85. The number of H-pyrrole nitrogens is 2. The third-order valence-corrected chi connectivity index (χ3v) is 3.85. The number of nitrogens with zero attached hydrogens (tertiary/aromatic N) is 2. The summed E-state index contributed by atoms with van der Waals surface area (Å²) in [6.45, 7) is 0. The molecule has 0 atom stereocenters. The van der Waals surface area contributed by atoms with E-state index in [1.165, 1.54) is 48.6 Å². The average molecular weight is 380 g/mol. The molecule has 1 heterocycles. The molecule has 0 spiro atoms. The molecule has 3 aromatic rings. The first-order valence-electron chi connectivity index (χ1n) is 7.90. The smallest absolute Gasteiger partial charge is 0.276 e. The van der Waals surface area contributed by atoms with Crippen LogP contribution in [-0.4, -0.2) is 19.8 Å². The molecular weight excluding hydrogens is 368 g/mol. The van der Waals surface area contributed by atoms with Crippen LogP contribution in [0.25, 0.3) is 12.2 Å². The summed E-state index contributed by atoms with van der Waals surface area (Å²) in [6, 6.07) is 11.5. The van der Waals surface area contributed by atoms with Crippen LogP contribution in [0.4, 0.5) is 11.4 Å². The van der Waals surface area contributed by atoms with Crippen LogP contribution in [-0.2, 0) is 0 Å². The second-order valence-corrected chi connectivity index (χ2v) is 5.66. The number of hydrogen-bond acceptors (Lipinski definition) is 6. The lowest BCUT2D eigenvalue weighted by molar-refractivity contribution is -0.385. The highest BCUT2D eigenvalue weighted by Gasteiger charge is 2.12. The Balaban J connectivity index is 2.19. The fourth-order valence-corrected chi connectivity index (χ4v) is 2.56. The van der Waals surface area contributed by atoms with Crippen molar-refractivity contribution in [2.24, 2.45) is 0 Å². The molecule has 0 radical (unpaired) electrons. The topological polar surface area (TPSA) is 152 Å². The van der Waals surface area contributed by atoms with Crippen molar-refractivity contribution in [1.29, 1.82) is 0 Å². The Morgan fingerprint density at radius 3 is 1.39 bits per heavy atom. The van der Waals surface area contributed by atoms with Gasteiger partial charge in [-0.3, -0.25) is 29.8 Å². The molecule has 0 saturated carbocycles. The zero-order chi connectivity index (χ0) is 20.3. The first kappa shape index (κ1) is 18.5. The summed E-state index contributed by atoms with van der Waals surface area (Å²) in [6.07, 6.45) is 2.38. The van der Waals surface area contributed by atoms with Gasteiger partial charge in [-0.15, -0.1) is 0 Å². The predicted molar refractivity (Wildman–Crippen MR) is 100 cm³/mol. The highest BCUT2D eigenvalue weighted by molar-refractivity contribution is 5.61. The molecule has 1 aromatic heterocycles. The van der Waals surface area contributed by atoms with E-state index in [0.717, 1.165) is 0 Å². The van der Waals surface area contributed by atoms with Crippen molar-refractivity contribution in [1.82, 2.24) is 9.97 Å². The van der Waals surface area contributed by atoms with Crippen molar-refractivity contribution in [2.75, 3.05) is 0 Å². The first-order chi connectivity index (χ1) is 13.4. The maximum atomic E-state index is 12.3. The molecule has 0 aliphatic carbocycles. The van der Waals surface area contributed by atoms with Crippen LogP contribution in [0.1, 0.15) is 11.1 Å². The van der Waals surface area contributed by atoms with Gasteiger partial charge in [0, 0.05) is 12.1 Å². The highest BCUT2D eigenvalue weighted by atomic mass is 16.6. The Kier molecular flexibility index (Phi) is 4.94. The SMILES string of the molecule is O=c1[nH]/c(=C/c2ccccc2[N+](=O)[O-])c(=O)[nH]/c1=C\c1ccccc1[N+](=O)[O-]. The normalized spacial score (nSPS) is 12.1. The zero-order valence-corrected chi connectivity index (χ0v) is 14.1. The van der Waals surface area contributed by atoms with Crippen LogP contribution >= 0.6 is 0 Å². The standard InChI is InChI=1S/C18H12N4O6/c23-17-13(9-11-5-1-3-7-15(11)21(25)26)19-18(24)14(20-17)10-12-6-2-4-8-16(12)22(27)28/h1-10H,(H,19,24)(H,20,23)/b13-9-,14-10+. The van der Waals surface area contributed by atoms with E-state index in [1.807, 2.05) is 0 Å². The van der Waals surface area contributed by atoms with E-state index in [1.54, 1.807) is 12.1 Å². The van der Waals surface area contributed by atoms with Gasteiger partial charge < -0.3 is 9.97 Å². The molecule has 0 aliphatic rings. The van der Waals surface area contributed by atoms with E-state index in [9.17, 15) is 29.8 Å². The van der Waals surface area contributed by atoms with E-state index in [4.69, 9.17) is 0 Å². The van der Waals surface area contributed by atoms with Crippen LogP contribution in [0.2, 0.25) is 0 Å². The molecule has 10 heteroatoms. The summed E-state index contributed by atoms with van der Waals surface area (Å²) in [4.78, 5) is 50.3. The minimum atomic E-state index is -0.706. The largest absolute Gasteiger partial charge is 0.316 e. The lowest BCUT2D eigenvalue weighted by Crippen LogP contribution is -2.46. The highest BCUT2D eigenvalue weighted by Crippen LogP contribution is 2.18. The van der Waals surface area contributed by atoms with Crippen molar-refractivity contribution in [3.05, 3.63) is 111 Å². The van der Waals surface area contributed by atoms with E-state index in [-0.39, 0.29) is 33.2 Å². The first-order valence-corrected chi connectivity index (χ1v) is 7.90. The molecule has 0 bridgehead atoms. The number of nitrogens with one attached hydrogen (secondary N) is 2. The summed E-state index contributed by atoms with van der Waals surface area (Å²) >= 11 is 0. The molecule has 140 valence electrons. The van der Waals surface area contributed by atoms with Crippen LogP contribution in [0.3, 0.4) is 0 Å². The second-order valence-electron chi connectivity index (χ2n) is 5.66. The quantitative estimate of drug-likeness (QED) is 0.498. The lowest BCUT2D eigenvalue weighted by atomic mass is 10.1. The number of nitro groups is 2. The summed E-state index contributed by atoms with van der Waals surface area (Å²) in [7, 11) is 0. The number of hydrogen-bond donors (Lipinski definition) is 2. The Hall–Kier alpha value is -4.34. The summed E-state index contributed by atoms with van der Waals surface area (Å²) in [5.74, 6) is 0. The van der Waals surface area contributed by atoms with E-state index < -0.39 is 21.0 Å². The van der Waals surface area contributed by atoms with Gasteiger partial charge in [0.05, 0.1) is 21.0 Å². The van der Waals surface area contributed by atoms with Gasteiger partial charge in [0.25, 0.3) is 22.5 Å². The Morgan fingerprint density at radius 2 is 1.04 bits per heavy atom. The molecule has 10 nitrogen and oxygen atoms in total. The van der Waals surface area contributed by atoms with Crippen molar-refractivity contribution in [3.8, 4) is 0 Å². The van der Waals surface area contributed by atoms with Crippen molar-refractivity contribution < 1.29 is 9.85 Å². The van der Waals surface area contributed by atoms with Gasteiger partial charge >= 0.3 is 0 Å². The molecule has 2 aromatic carbocycles. The van der Waals surface area contributed by atoms with Crippen LogP contribution < -0.4 is 21.8 Å². The van der Waals surface area contributed by atoms with Crippen molar-refractivity contribution in [2.45, 2.75) is 0 Å². The Bertz CT molecular complexity index is 1220. The molecular formula is C18H12N4O6. The minimum absolute atomic E-state index is 0.143. The van der Waals surface area contributed by atoms with Gasteiger partial charge in [-0.1, -0.05) is 24.3 Å². The molecule has 0 aliphatic heterocycles.